The summed E-state index contributed by atoms with van der Waals surface area (Å²) >= 11 is 0. The molecule has 0 unspecified atom stereocenters. The van der Waals surface area contributed by atoms with Crippen molar-refractivity contribution in [3.63, 3.8) is 0 Å². The van der Waals surface area contributed by atoms with Crippen LogP contribution < -0.4 is 0 Å². The number of hydrogen-bond donors (Lipinski definition) is 0. The topological polar surface area (TPSA) is 30.3 Å². The van der Waals surface area contributed by atoms with Crippen molar-refractivity contribution in [2.24, 2.45) is 5.92 Å². The van der Waals surface area contributed by atoms with Crippen LogP contribution in [0, 0.1) is 5.92 Å². The van der Waals surface area contributed by atoms with Gasteiger partial charge >= 0.3 is 0 Å². The van der Waals surface area contributed by atoms with E-state index in [1.54, 1.807) is 0 Å². The molecule has 1 aromatic heterocycles. The van der Waals surface area contributed by atoms with E-state index in [0.29, 0.717) is 5.92 Å². The van der Waals surface area contributed by atoms with Gasteiger partial charge < -0.3 is 9.30 Å². The van der Waals surface area contributed by atoms with Gasteiger partial charge in [-0.15, -0.1) is 0 Å². The summed E-state index contributed by atoms with van der Waals surface area (Å²) in [5, 5.41) is 0. The molecule has 1 aromatic carbocycles. The number of imidazole rings is 1. The zero-order chi connectivity index (χ0) is 14.5. The molecule has 1 fully saturated rings. The predicted octanol–water partition coefficient (Wildman–Crippen LogP) is 2.40. The highest BCUT2D eigenvalue weighted by Gasteiger charge is 2.18. The molecule has 21 heavy (non-hydrogen) atoms. The third kappa shape index (κ3) is 3.93. The van der Waals surface area contributed by atoms with E-state index in [2.05, 4.69) is 58.0 Å². The van der Waals surface area contributed by atoms with E-state index >= 15 is 0 Å². The van der Waals surface area contributed by atoms with Crippen LogP contribution in [0.5, 0.6) is 0 Å². The SMILES string of the molecule is CN(Cc1nccn1Cc1ccccc1)C[C@@H]1CCOC1. The summed E-state index contributed by atoms with van der Waals surface area (Å²) in [7, 11) is 2.17. The number of rotatable bonds is 6. The molecule has 0 saturated carbocycles. The standard InChI is InChI=1S/C17H23N3O/c1-19(11-16-7-10-21-14-16)13-17-18-8-9-20(17)12-15-5-3-2-4-6-15/h2-6,8-9,16H,7,10-14H2,1H3/t16-/m0/s1. The Kier molecular flexibility index (Phi) is 4.68. The third-order valence-electron chi connectivity index (χ3n) is 4.00. The quantitative estimate of drug-likeness (QED) is 0.816. The Labute approximate surface area is 126 Å². The maximum atomic E-state index is 5.45. The van der Waals surface area contributed by atoms with Gasteiger partial charge in [-0.3, -0.25) is 4.90 Å². The van der Waals surface area contributed by atoms with E-state index in [4.69, 9.17) is 4.74 Å². The highest BCUT2D eigenvalue weighted by atomic mass is 16.5. The lowest BCUT2D eigenvalue weighted by Gasteiger charge is -2.20. The first-order chi connectivity index (χ1) is 10.3. The molecule has 0 bridgehead atoms. The van der Waals surface area contributed by atoms with Crippen LogP contribution in [-0.2, 0) is 17.8 Å². The van der Waals surface area contributed by atoms with Crippen LogP contribution in [0.15, 0.2) is 42.7 Å². The van der Waals surface area contributed by atoms with Crippen LogP contribution in [0.25, 0.3) is 0 Å². The van der Waals surface area contributed by atoms with Gasteiger partial charge in [-0.25, -0.2) is 4.98 Å². The average molecular weight is 285 g/mol. The van der Waals surface area contributed by atoms with Crippen LogP contribution in [0.4, 0.5) is 0 Å². The second-order valence-electron chi connectivity index (χ2n) is 5.88. The van der Waals surface area contributed by atoms with E-state index in [0.717, 1.165) is 38.7 Å². The lowest BCUT2D eigenvalue weighted by molar-refractivity contribution is 0.172. The predicted molar refractivity (Wildman–Crippen MR) is 83.0 cm³/mol. The molecule has 2 aromatic rings. The molecule has 0 amide bonds. The van der Waals surface area contributed by atoms with Gasteiger partial charge in [0.2, 0.25) is 0 Å². The molecule has 4 nitrogen and oxygen atoms in total. The largest absolute Gasteiger partial charge is 0.381 e. The Morgan fingerprint density at radius 1 is 1.33 bits per heavy atom. The fourth-order valence-electron chi connectivity index (χ4n) is 2.89. The molecule has 4 heteroatoms. The van der Waals surface area contributed by atoms with Crippen molar-refractivity contribution in [1.82, 2.24) is 14.5 Å². The minimum absolute atomic E-state index is 0.674. The second kappa shape index (κ2) is 6.87. The van der Waals surface area contributed by atoms with E-state index in [-0.39, 0.29) is 0 Å². The maximum Gasteiger partial charge on any atom is 0.123 e. The molecule has 0 aliphatic carbocycles. The Morgan fingerprint density at radius 3 is 2.95 bits per heavy atom. The van der Waals surface area contributed by atoms with Crippen molar-refractivity contribution in [3.8, 4) is 0 Å². The molecule has 0 spiro atoms. The summed E-state index contributed by atoms with van der Waals surface area (Å²) in [6.45, 7) is 4.68. The van der Waals surface area contributed by atoms with E-state index in [9.17, 15) is 0 Å². The zero-order valence-electron chi connectivity index (χ0n) is 12.6. The van der Waals surface area contributed by atoms with Crippen molar-refractivity contribution in [2.45, 2.75) is 19.5 Å². The first kappa shape index (κ1) is 14.3. The Hall–Kier alpha value is -1.65. The van der Waals surface area contributed by atoms with E-state index in [1.165, 1.54) is 12.0 Å². The molecule has 1 saturated heterocycles. The number of ether oxygens (including phenoxy) is 1. The highest BCUT2D eigenvalue weighted by molar-refractivity contribution is 5.15. The Balaban J connectivity index is 1.59. The second-order valence-corrected chi connectivity index (χ2v) is 5.88. The lowest BCUT2D eigenvalue weighted by Crippen LogP contribution is -2.27. The van der Waals surface area contributed by atoms with Crippen LogP contribution in [0.3, 0.4) is 0 Å². The van der Waals surface area contributed by atoms with Crippen molar-refractivity contribution in [2.75, 3.05) is 26.8 Å². The van der Waals surface area contributed by atoms with Crippen LogP contribution in [-0.4, -0.2) is 41.3 Å². The summed E-state index contributed by atoms with van der Waals surface area (Å²) in [5.74, 6) is 1.80. The van der Waals surface area contributed by atoms with Gasteiger partial charge in [-0.05, 0) is 24.9 Å². The van der Waals surface area contributed by atoms with Gasteiger partial charge in [-0.1, -0.05) is 30.3 Å². The summed E-state index contributed by atoms with van der Waals surface area (Å²) in [6.07, 6.45) is 5.14. The van der Waals surface area contributed by atoms with Crippen LogP contribution in [0.1, 0.15) is 17.8 Å². The van der Waals surface area contributed by atoms with Crippen LogP contribution in [0.2, 0.25) is 0 Å². The van der Waals surface area contributed by atoms with Gasteiger partial charge in [0, 0.05) is 32.1 Å². The van der Waals surface area contributed by atoms with Crippen molar-refractivity contribution in [3.05, 3.63) is 54.1 Å². The normalized spacial score (nSPS) is 18.5. The maximum absolute atomic E-state index is 5.45. The van der Waals surface area contributed by atoms with Gasteiger partial charge in [0.25, 0.3) is 0 Å². The molecular formula is C17H23N3O. The fraction of sp³-hybridized carbons (Fsp3) is 0.471. The van der Waals surface area contributed by atoms with Gasteiger partial charge in [0.05, 0.1) is 13.2 Å². The molecule has 3 rings (SSSR count). The van der Waals surface area contributed by atoms with Crippen molar-refractivity contribution in [1.29, 1.82) is 0 Å². The minimum atomic E-state index is 0.674. The molecule has 1 aliphatic heterocycles. The summed E-state index contributed by atoms with van der Waals surface area (Å²) in [6, 6.07) is 10.5. The molecule has 0 N–H and O–H groups in total. The van der Waals surface area contributed by atoms with Gasteiger partial charge in [-0.2, -0.15) is 0 Å². The lowest BCUT2D eigenvalue weighted by atomic mass is 10.1. The monoisotopic (exact) mass is 285 g/mol. The Morgan fingerprint density at radius 2 is 2.19 bits per heavy atom. The third-order valence-corrected chi connectivity index (χ3v) is 4.00. The summed E-state index contributed by atoms with van der Waals surface area (Å²) in [5.41, 5.74) is 1.31. The highest BCUT2D eigenvalue weighted by Crippen LogP contribution is 2.14. The van der Waals surface area contributed by atoms with Crippen LogP contribution >= 0.6 is 0 Å². The van der Waals surface area contributed by atoms with Crippen molar-refractivity contribution >= 4 is 0 Å². The minimum Gasteiger partial charge on any atom is -0.381 e. The fourth-order valence-corrected chi connectivity index (χ4v) is 2.89. The first-order valence-electron chi connectivity index (χ1n) is 7.61. The first-order valence-corrected chi connectivity index (χ1v) is 7.61. The molecule has 112 valence electrons. The molecule has 2 heterocycles. The number of nitrogens with zero attached hydrogens (tertiary/aromatic N) is 3. The van der Waals surface area contributed by atoms with E-state index in [1.807, 2.05) is 6.20 Å². The van der Waals surface area contributed by atoms with E-state index < -0.39 is 0 Å². The average Bonchev–Trinajstić information content (AvgIpc) is 3.13. The van der Waals surface area contributed by atoms with Crippen molar-refractivity contribution < 1.29 is 4.74 Å². The summed E-state index contributed by atoms with van der Waals surface area (Å²) < 4.78 is 7.68. The molecule has 1 aliphatic rings. The Bertz CT molecular complexity index is 546. The smallest absolute Gasteiger partial charge is 0.123 e. The summed E-state index contributed by atoms with van der Waals surface area (Å²) in [4.78, 5) is 6.87. The molecule has 0 radical (unpaired) electrons. The number of benzene rings is 1. The number of aromatic nitrogens is 2. The van der Waals surface area contributed by atoms with Gasteiger partial charge in [0.15, 0.2) is 0 Å². The number of hydrogen-bond acceptors (Lipinski definition) is 3. The van der Waals surface area contributed by atoms with Gasteiger partial charge in [0.1, 0.15) is 5.82 Å². The molecular weight excluding hydrogens is 262 g/mol. The zero-order valence-corrected chi connectivity index (χ0v) is 12.6. The molecule has 1 atom stereocenters.